The summed E-state index contributed by atoms with van der Waals surface area (Å²) in [4.78, 5) is 24.0. The molecule has 1 heterocycles. The van der Waals surface area contributed by atoms with Gasteiger partial charge in [-0.15, -0.1) is 11.3 Å². The number of halogens is 1. The molecule has 2 aromatic rings. The van der Waals surface area contributed by atoms with E-state index in [9.17, 15) is 9.59 Å². The molecule has 0 aliphatic heterocycles. The van der Waals surface area contributed by atoms with Gasteiger partial charge in [0.1, 0.15) is 5.75 Å². The first-order valence-electron chi connectivity index (χ1n) is 6.07. The number of nitrogens with one attached hydrogen (secondary N) is 1. The molecule has 0 aliphatic carbocycles. The second-order valence-electron chi connectivity index (χ2n) is 4.15. The van der Waals surface area contributed by atoms with Gasteiger partial charge >= 0.3 is 0 Å². The smallest absolute Gasteiger partial charge is 0.258 e. The number of thiophene rings is 1. The minimum atomic E-state index is -0.661. The van der Waals surface area contributed by atoms with E-state index in [1.807, 2.05) is 17.5 Å². The Bertz CT molecular complexity index is 644. The van der Waals surface area contributed by atoms with Crippen LogP contribution in [0.2, 0.25) is 5.02 Å². The summed E-state index contributed by atoms with van der Waals surface area (Å²) in [7, 11) is 0. The molecule has 0 atom stereocenters. The van der Waals surface area contributed by atoms with Gasteiger partial charge in [-0.2, -0.15) is 0 Å². The standard InChI is InChI=1S/C14H13ClN2O3S/c15-9-3-4-12(11(6-9)14(16)19)20-8-13(18)17-7-10-2-1-5-21-10/h1-6H,7-8H2,(H2,16,19)(H,17,18). The molecule has 1 aromatic carbocycles. The highest BCUT2D eigenvalue weighted by Crippen LogP contribution is 2.22. The predicted molar refractivity (Wildman–Crippen MR) is 81.6 cm³/mol. The topological polar surface area (TPSA) is 81.4 Å². The molecule has 2 amide bonds. The van der Waals surface area contributed by atoms with Gasteiger partial charge in [-0.1, -0.05) is 17.7 Å². The summed E-state index contributed by atoms with van der Waals surface area (Å²) in [6, 6.07) is 8.32. The van der Waals surface area contributed by atoms with Gasteiger partial charge in [0.15, 0.2) is 6.61 Å². The molecular formula is C14H13ClN2O3S. The molecule has 0 unspecified atom stereocenters. The molecule has 0 spiro atoms. The number of amides is 2. The summed E-state index contributed by atoms with van der Waals surface area (Å²) < 4.78 is 5.32. The molecule has 1 aromatic heterocycles. The minimum Gasteiger partial charge on any atom is -0.483 e. The van der Waals surface area contributed by atoms with Crippen LogP contribution in [0.1, 0.15) is 15.2 Å². The molecule has 0 bridgehead atoms. The van der Waals surface area contributed by atoms with Crippen molar-refractivity contribution < 1.29 is 14.3 Å². The Morgan fingerprint density at radius 2 is 2.14 bits per heavy atom. The Kier molecular flexibility index (Phi) is 5.19. The second kappa shape index (κ2) is 7.10. The molecule has 0 saturated carbocycles. The zero-order chi connectivity index (χ0) is 15.2. The second-order valence-corrected chi connectivity index (χ2v) is 5.62. The van der Waals surface area contributed by atoms with E-state index in [2.05, 4.69) is 5.32 Å². The summed E-state index contributed by atoms with van der Waals surface area (Å²) in [6.07, 6.45) is 0. The van der Waals surface area contributed by atoms with Gasteiger partial charge in [-0.05, 0) is 29.6 Å². The third-order valence-corrected chi connectivity index (χ3v) is 3.72. The summed E-state index contributed by atoms with van der Waals surface area (Å²) in [5.74, 6) is -0.710. The predicted octanol–water partition coefficient (Wildman–Crippen LogP) is 2.20. The number of hydrogen-bond acceptors (Lipinski definition) is 4. The maximum Gasteiger partial charge on any atom is 0.258 e. The fourth-order valence-electron chi connectivity index (χ4n) is 1.61. The van der Waals surface area contributed by atoms with Crippen LogP contribution < -0.4 is 15.8 Å². The fourth-order valence-corrected chi connectivity index (χ4v) is 2.43. The number of hydrogen-bond donors (Lipinski definition) is 2. The highest BCUT2D eigenvalue weighted by atomic mass is 35.5. The number of rotatable bonds is 6. The molecule has 0 fully saturated rings. The van der Waals surface area contributed by atoms with Crippen LogP contribution in [-0.2, 0) is 11.3 Å². The summed E-state index contributed by atoms with van der Waals surface area (Å²) in [5, 5.41) is 5.03. The van der Waals surface area contributed by atoms with Crippen LogP contribution in [0.4, 0.5) is 0 Å². The van der Waals surface area contributed by atoms with Crippen molar-refractivity contribution in [3.8, 4) is 5.75 Å². The molecule has 0 saturated heterocycles. The van der Waals surface area contributed by atoms with E-state index in [4.69, 9.17) is 22.1 Å². The lowest BCUT2D eigenvalue weighted by Crippen LogP contribution is -2.28. The van der Waals surface area contributed by atoms with Crippen molar-refractivity contribution in [3.05, 3.63) is 51.2 Å². The van der Waals surface area contributed by atoms with E-state index in [1.165, 1.54) is 12.1 Å². The molecule has 7 heteroatoms. The van der Waals surface area contributed by atoms with Crippen molar-refractivity contribution in [1.82, 2.24) is 5.32 Å². The van der Waals surface area contributed by atoms with Crippen molar-refractivity contribution in [1.29, 1.82) is 0 Å². The molecule has 5 nitrogen and oxygen atoms in total. The molecule has 0 radical (unpaired) electrons. The van der Waals surface area contributed by atoms with Crippen LogP contribution in [-0.4, -0.2) is 18.4 Å². The van der Waals surface area contributed by atoms with Crippen molar-refractivity contribution >= 4 is 34.8 Å². The van der Waals surface area contributed by atoms with Crippen LogP contribution in [0, 0.1) is 0 Å². The number of carbonyl (C=O) groups excluding carboxylic acids is 2. The monoisotopic (exact) mass is 324 g/mol. The molecule has 3 N–H and O–H groups in total. The maximum absolute atomic E-state index is 11.7. The molecule has 2 rings (SSSR count). The highest BCUT2D eigenvalue weighted by Gasteiger charge is 2.12. The van der Waals surface area contributed by atoms with E-state index in [-0.39, 0.29) is 23.8 Å². The van der Waals surface area contributed by atoms with Gasteiger partial charge < -0.3 is 15.8 Å². The SMILES string of the molecule is NC(=O)c1cc(Cl)ccc1OCC(=O)NCc1cccs1. The quantitative estimate of drug-likeness (QED) is 0.854. The van der Waals surface area contributed by atoms with Crippen LogP contribution in [0.5, 0.6) is 5.75 Å². The first kappa shape index (κ1) is 15.3. The number of primary amides is 1. The van der Waals surface area contributed by atoms with Crippen molar-refractivity contribution in [2.45, 2.75) is 6.54 Å². The highest BCUT2D eigenvalue weighted by molar-refractivity contribution is 7.09. The Labute approximate surface area is 130 Å². The molecule has 21 heavy (non-hydrogen) atoms. The fraction of sp³-hybridized carbons (Fsp3) is 0.143. The average Bonchev–Trinajstić information content (AvgIpc) is 2.97. The zero-order valence-electron chi connectivity index (χ0n) is 11.0. The van der Waals surface area contributed by atoms with Gasteiger partial charge in [0.25, 0.3) is 11.8 Å². The first-order chi connectivity index (χ1) is 10.1. The third kappa shape index (κ3) is 4.47. The van der Waals surface area contributed by atoms with Crippen LogP contribution >= 0.6 is 22.9 Å². The minimum absolute atomic E-state index is 0.147. The third-order valence-electron chi connectivity index (χ3n) is 2.61. The summed E-state index contributed by atoms with van der Waals surface area (Å²) >= 11 is 7.34. The van der Waals surface area contributed by atoms with Gasteiger partial charge in [0.2, 0.25) is 0 Å². The lowest BCUT2D eigenvalue weighted by atomic mass is 10.2. The molecule has 0 aliphatic rings. The Balaban J connectivity index is 1.90. The maximum atomic E-state index is 11.7. The van der Waals surface area contributed by atoms with Crippen LogP contribution in [0.25, 0.3) is 0 Å². The Morgan fingerprint density at radius 3 is 2.81 bits per heavy atom. The normalized spacial score (nSPS) is 10.1. The average molecular weight is 325 g/mol. The van der Waals surface area contributed by atoms with Crippen LogP contribution in [0.3, 0.4) is 0 Å². The van der Waals surface area contributed by atoms with E-state index >= 15 is 0 Å². The number of carbonyl (C=O) groups is 2. The Hall–Kier alpha value is -2.05. The molecular weight excluding hydrogens is 312 g/mol. The number of benzene rings is 1. The van der Waals surface area contributed by atoms with Crippen LogP contribution in [0.15, 0.2) is 35.7 Å². The lowest BCUT2D eigenvalue weighted by molar-refractivity contribution is -0.123. The largest absolute Gasteiger partial charge is 0.483 e. The van der Waals surface area contributed by atoms with Crippen molar-refractivity contribution in [2.75, 3.05) is 6.61 Å². The lowest BCUT2D eigenvalue weighted by Gasteiger charge is -2.10. The summed E-state index contributed by atoms with van der Waals surface area (Å²) in [5.41, 5.74) is 5.38. The van der Waals surface area contributed by atoms with Crippen molar-refractivity contribution in [2.24, 2.45) is 5.73 Å². The van der Waals surface area contributed by atoms with E-state index in [0.717, 1.165) is 4.88 Å². The van der Waals surface area contributed by atoms with Gasteiger partial charge in [-0.3, -0.25) is 9.59 Å². The van der Waals surface area contributed by atoms with Gasteiger partial charge in [0, 0.05) is 9.90 Å². The first-order valence-corrected chi connectivity index (χ1v) is 7.33. The summed E-state index contributed by atoms with van der Waals surface area (Å²) in [6.45, 7) is 0.246. The Morgan fingerprint density at radius 1 is 1.33 bits per heavy atom. The van der Waals surface area contributed by atoms with Gasteiger partial charge in [-0.25, -0.2) is 0 Å². The number of nitrogens with two attached hydrogens (primary N) is 1. The number of ether oxygens (including phenoxy) is 1. The van der Waals surface area contributed by atoms with E-state index in [0.29, 0.717) is 11.6 Å². The zero-order valence-corrected chi connectivity index (χ0v) is 12.5. The van der Waals surface area contributed by atoms with Crippen molar-refractivity contribution in [3.63, 3.8) is 0 Å². The van der Waals surface area contributed by atoms with E-state index in [1.54, 1.807) is 17.4 Å². The molecule has 110 valence electrons. The van der Waals surface area contributed by atoms with E-state index < -0.39 is 5.91 Å². The van der Waals surface area contributed by atoms with Gasteiger partial charge in [0.05, 0.1) is 12.1 Å².